The minimum absolute atomic E-state index is 0.596. The second-order valence-electron chi connectivity index (χ2n) is 3.42. The molecule has 1 aliphatic heterocycles. The third-order valence-electron chi connectivity index (χ3n) is 2.44. The van der Waals surface area contributed by atoms with Crippen molar-refractivity contribution in [1.29, 1.82) is 0 Å². The zero-order chi connectivity index (χ0) is 10.1. The van der Waals surface area contributed by atoms with Crippen LogP contribution < -0.4 is 4.90 Å². The highest BCUT2D eigenvalue weighted by atomic mass is 16.5. The van der Waals surface area contributed by atoms with Crippen molar-refractivity contribution in [1.82, 2.24) is 9.97 Å². The van der Waals surface area contributed by atoms with Gasteiger partial charge in [0.1, 0.15) is 5.52 Å². The maximum absolute atomic E-state index is 5.56. The van der Waals surface area contributed by atoms with Crippen molar-refractivity contribution in [3.63, 3.8) is 0 Å². The monoisotopic (exact) mass is 205 g/mol. The molecule has 0 aliphatic carbocycles. The van der Waals surface area contributed by atoms with Crippen LogP contribution in [0.15, 0.2) is 22.7 Å². The number of hydrogen-bond donors (Lipinski definition) is 0. The van der Waals surface area contributed by atoms with Crippen LogP contribution in [0.25, 0.3) is 11.2 Å². The summed E-state index contributed by atoms with van der Waals surface area (Å²) in [6.45, 7) is 3.11. The number of morpholine rings is 1. The van der Waals surface area contributed by atoms with Crippen LogP contribution in [-0.4, -0.2) is 36.3 Å². The number of nitrogens with zero attached hydrogens (tertiary/aromatic N) is 3. The lowest BCUT2D eigenvalue weighted by atomic mass is 10.4. The summed E-state index contributed by atoms with van der Waals surface area (Å²) in [6.07, 6.45) is 1.70. The average molecular weight is 205 g/mol. The Kier molecular flexibility index (Phi) is 2.03. The SMILES string of the molecule is c1cnc2oc(N3CCOCC3)nc2c1. The third-order valence-corrected chi connectivity index (χ3v) is 2.44. The van der Waals surface area contributed by atoms with Crippen molar-refractivity contribution in [2.75, 3.05) is 31.2 Å². The van der Waals surface area contributed by atoms with Crippen molar-refractivity contribution < 1.29 is 9.15 Å². The molecule has 5 nitrogen and oxygen atoms in total. The number of oxazole rings is 1. The summed E-state index contributed by atoms with van der Waals surface area (Å²) < 4.78 is 10.8. The summed E-state index contributed by atoms with van der Waals surface area (Å²) in [5, 5.41) is 0. The molecule has 78 valence electrons. The lowest BCUT2D eigenvalue weighted by Gasteiger charge is -2.24. The van der Waals surface area contributed by atoms with Gasteiger partial charge in [0.15, 0.2) is 0 Å². The Morgan fingerprint density at radius 1 is 1.27 bits per heavy atom. The first-order valence-corrected chi connectivity index (χ1v) is 4.98. The largest absolute Gasteiger partial charge is 0.404 e. The van der Waals surface area contributed by atoms with E-state index in [-0.39, 0.29) is 0 Å². The molecule has 1 fully saturated rings. The smallest absolute Gasteiger partial charge is 0.299 e. The second-order valence-corrected chi connectivity index (χ2v) is 3.42. The number of anilines is 1. The standard InChI is InChI=1S/C10H11N3O2/c1-2-8-9(11-3-1)15-10(12-8)13-4-6-14-7-5-13/h1-3H,4-7H2. The number of rotatable bonds is 1. The molecular weight excluding hydrogens is 194 g/mol. The number of aromatic nitrogens is 2. The fourth-order valence-electron chi connectivity index (χ4n) is 1.65. The minimum Gasteiger partial charge on any atom is -0.404 e. The van der Waals surface area contributed by atoms with E-state index < -0.39 is 0 Å². The summed E-state index contributed by atoms with van der Waals surface area (Å²) in [6, 6.07) is 4.40. The molecule has 1 saturated heterocycles. The van der Waals surface area contributed by atoms with Gasteiger partial charge in [-0.15, -0.1) is 0 Å². The van der Waals surface area contributed by atoms with Gasteiger partial charge in [0.05, 0.1) is 13.2 Å². The fourth-order valence-corrected chi connectivity index (χ4v) is 1.65. The van der Waals surface area contributed by atoms with Gasteiger partial charge in [-0.25, -0.2) is 4.98 Å². The van der Waals surface area contributed by atoms with Crippen LogP contribution in [0, 0.1) is 0 Å². The van der Waals surface area contributed by atoms with Crippen molar-refractivity contribution in [3.05, 3.63) is 18.3 Å². The molecule has 3 heterocycles. The zero-order valence-electron chi connectivity index (χ0n) is 8.22. The molecule has 0 aromatic carbocycles. The highest BCUT2D eigenvalue weighted by Crippen LogP contribution is 2.20. The molecule has 0 bridgehead atoms. The molecule has 2 aromatic heterocycles. The second kappa shape index (κ2) is 3.51. The Balaban J connectivity index is 1.96. The molecule has 5 heteroatoms. The molecule has 0 atom stereocenters. The quantitative estimate of drug-likeness (QED) is 0.696. The van der Waals surface area contributed by atoms with Crippen molar-refractivity contribution >= 4 is 17.2 Å². The summed E-state index contributed by atoms with van der Waals surface area (Å²) in [4.78, 5) is 10.6. The van der Waals surface area contributed by atoms with Gasteiger partial charge in [-0.3, -0.25) is 0 Å². The van der Waals surface area contributed by atoms with Crippen molar-refractivity contribution in [2.24, 2.45) is 0 Å². The molecule has 1 aliphatic rings. The van der Waals surface area contributed by atoms with E-state index >= 15 is 0 Å². The maximum atomic E-state index is 5.56. The van der Waals surface area contributed by atoms with Gasteiger partial charge < -0.3 is 14.1 Å². The first kappa shape index (κ1) is 8.67. The third kappa shape index (κ3) is 1.55. The average Bonchev–Trinajstić information content (AvgIpc) is 2.74. The Morgan fingerprint density at radius 3 is 2.93 bits per heavy atom. The highest BCUT2D eigenvalue weighted by molar-refractivity contribution is 5.69. The molecule has 0 saturated carbocycles. The van der Waals surface area contributed by atoms with Crippen LogP contribution >= 0.6 is 0 Å². The van der Waals surface area contributed by atoms with Crippen molar-refractivity contribution in [2.45, 2.75) is 0 Å². The molecule has 0 unspecified atom stereocenters. The van der Waals surface area contributed by atoms with Gasteiger partial charge in [0.25, 0.3) is 6.01 Å². The summed E-state index contributed by atoms with van der Waals surface area (Å²) in [7, 11) is 0. The Labute approximate surface area is 86.7 Å². The molecule has 0 N–H and O–H groups in total. The number of hydrogen-bond acceptors (Lipinski definition) is 5. The Morgan fingerprint density at radius 2 is 2.13 bits per heavy atom. The maximum Gasteiger partial charge on any atom is 0.299 e. The van der Waals surface area contributed by atoms with E-state index in [1.807, 2.05) is 12.1 Å². The van der Waals surface area contributed by atoms with Crippen LogP contribution in [-0.2, 0) is 4.74 Å². The van der Waals surface area contributed by atoms with E-state index in [2.05, 4.69) is 14.9 Å². The lowest BCUT2D eigenvalue weighted by molar-refractivity contribution is 0.120. The topological polar surface area (TPSA) is 51.4 Å². The van der Waals surface area contributed by atoms with Gasteiger partial charge in [0, 0.05) is 19.3 Å². The van der Waals surface area contributed by atoms with Crippen LogP contribution in [0.4, 0.5) is 6.01 Å². The molecule has 0 spiro atoms. The van der Waals surface area contributed by atoms with E-state index in [9.17, 15) is 0 Å². The minimum atomic E-state index is 0.596. The first-order chi connectivity index (χ1) is 7.43. The lowest BCUT2D eigenvalue weighted by Crippen LogP contribution is -2.36. The summed E-state index contributed by atoms with van der Waals surface area (Å²) >= 11 is 0. The van der Waals surface area contributed by atoms with Gasteiger partial charge in [0.2, 0.25) is 5.71 Å². The van der Waals surface area contributed by atoms with Gasteiger partial charge >= 0.3 is 0 Å². The van der Waals surface area contributed by atoms with Crippen molar-refractivity contribution in [3.8, 4) is 0 Å². The zero-order valence-corrected chi connectivity index (χ0v) is 8.22. The predicted molar refractivity (Wildman–Crippen MR) is 54.8 cm³/mol. The summed E-state index contributed by atoms with van der Waals surface area (Å²) in [5.74, 6) is 0. The predicted octanol–water partition coefficient (Wildman–Crippen LogP) is 1.06. The van der Waals surface area contributed by atoms with E-state index in [4.69, 9.17) is 9.15 Å². The van der Waals surface area contributed by atoms with Gasteiger partial charge in [-0.2, -0.15) is 4.98 Å². The normalized spacial score (nSPS) is 17.2. The highest BCUT2D eigenvalue weighted by Gasteiger charge is 2.16. The van der Waals surface area contributed by atoms with Gasteiger partial charge in [-0.1, -0.05) is 0 Å². The van der Waals surface area contributed by atoms with E-state index in [1.165, 1.54) is 0 Å². The van der Waals surface area contributed by atoms with E-state index in [0.29, 0.717) is 11.7 Å². The van der Waals surface area contributed by atoms with Crippen LogP contribution in [0.5, 0.6) is 0 Å². The Bertz CT molecular complexity index is 429. The van der Waals surface area contributed by atoms with Crippen LogP contribution in [0.3, 0.4) is 0 Å². The fraction of sp³-hybridized carbons (Fsp3) is 0.400. The number of pyridine rings is 1. The Hall–Kier alpha value is -1.62. The molecular formula is C10H11N3O2. The van der Waals surface area contributed by atoms with Crippen LogP contribution in [0.1, 0.15) is 0 Å². The van der Waals surface area contributed by atoms with E-state index in [1.54, 1.807) is 6.20 Å². The van der Waals surface area contributed by atoms with E-state index in [0.717, 1.165) is 31.8 Å². The van der Waals surface area contributed by atoms with Crippen LogP contribution in [0.2, 0.25) is 0 Å². The number of ether oxygens (including phenoxy) is 1. The molecule has 3 rings (SSSR count). The molecule has 0 amide bonds. The van der Waals surface area contributed by atoms with Gasteiger partial charge in [-0.05, 0) is 12.1 Å². The molecule has 0 radical (unpaired) electrons. The molecule has 2 aromatic rings. The number of fused-ring (bicyclic) bond motifs is 1. The molecule has 15 heavy (non-hydrogen) atoms. The summed E-state index contributed by atoms with van der Waals surface area (Å²) in [5.41, 5.74) is 1.40. The first-order valence-electron chi connectivity index (χ1n) is 4.98.